The number of hydrogen-bond donors (Lipinski definition) is 0. The molecule has 0 heterocycles. The summed E-state index contributed by atoms with van der Waals surface area (Å²) in [5, 5.41) is 0. The first-order chi connectivity index (χ1) is 8.19. The van der Waals surface area contributed by atoms with Crippen molar-refractivity contribution >= 4 is 5.78 Å². The summed E-state index contributed by atoms with van der Waals surface area (Å²) in [6.45, 7) is 4.19. The van der Waals surface area contributed by atoms with Crippen LogP contribution in [0.1, 0.15) is 49.9 Å². The SMILES string of the molecule is CCCCCC(C)C(=O)c1ccc(OC)cc1. The summed E-state index contributed by atoms with van der Waals surface area (Å²) in [7, 11) is 1.63. The van der Waals surface area contributed by atoms with Gasteiger partial charge in [0.1, 0.15) is 5.75 Å². The molecule has 1 atom stereocenters. The predicted molar refractivity (Wildman–Crippen MR) is 70.6 cm³/mol. The normalized spacial score (nSPS) is 12.2. The molecule has 1 aromatic rings. The molecule has 2 heteroatoms. The summed E-state index contributed by atoms with van der Waals surface area (Å²) >= 11 is 0. The van der Waals surface area contributed by atoms with E-state index in [0.717, 1.165) is 24.2 Å². The third-order valence-electron chi connectivity index (χ3n) is 3.06. The minimum Gasteiger partial charge on any atom is -0.497 e. The molecule has 0 aliphatic carbocycles. The van der Waals surface area contributed by atoms with Crippen molar-refractivity contribution in [1.29, 1.82) is 0 Å². The molecule has 0 amide bonds. The lowest BCUT2D eigenvalue weighted by molar-refractivity contribution is 0.0922. The van der Waals surface area contributed by atoms with Crippen LogP contribution in [0.4, 0.5) is 0 Å². The summed E-state index contributed by atoms with van der Waals surface area (Å²) in [4.78, 5) is 12.1. The van der Waals surface area contributed by atoms with Gasteiger partial charge < -0.3 is 4.74 Å². The molecule has 17 heavy (non-hydrogen) atoms. The second-order valence-corrected chi connectivity index (χ2v) is 4.49. The van der Waals surface area contributed by atoms with Crippen molar-refractivity contribution in [3.8, 4) is 5.75 Å². The van der Waals surface area contributed by atoms with Gasteiger partial charge in [0, 0.05) is 11.5 Å². The predicted octanol–water partition coefficient (Wildman–Crippen LogP) is 4.09. The molecule has 0 aromatic heterocycles. The van der Waals surface area contributed by atoms with Crippen molar-refractivity contribution in [2.45, 2.75) is 39.5 Å². The van der Waals surface area contributed by atoms with Crippen LogP contribution in [-0.4, -0.2) is 12.9 Å². The van der Waals surface area contributed by atoms with Crippen molar-refractivity contribution in [3.05, 3.63) is 29.8 Å². The first-order valence-corrected chi connectivity index (χ1v) is 6.37. The van der Waals surface area contributed by atoms with E-state index < -0.39 is 0 Å². The van der Waals surface area contributed by atoms with Crippen LogP contribution in [0.2, 0.25) is 0 Å². The highest BCUT2D eigenvalue weighted by atomic mass is 16.5. The number of methoxy groups -OCH3 is 1. The van der Waals surface area contributed by atoms with Gasteiger partial charge >= 0.3 is 0 Å². The van der Waals surface area contributed by atoms with Crippen molar-refractivity contribution in [2.24, 2.45) is 5.92 Å². The summed E-state index contributed by atoms with van der Waals surface area (Å²) < 4.78 is 5.08. The average molecular weight is 234 g/mol. The van der Waals surface area contributed by atoms with Crippen LogP contribution in [0.15, 0.2) is 24.3 Å². The maximum absolute atomic E-state index is 12.1. The molecule has 0 radical (unpaired) electrons. The number of rotatable bonds is 7. The van der Waals surface area contributed by atoms with Crippen LogP contribution in [0.3, 0.4) is 0 Å². The molecule has 1 unspecified atom stereocenters. The molecule has 0 saturated heterocycles. The fraction of sp³-hybridized carbons (Fsp3) is 0.533. The molecular formula is C15H22O2. The molecule has 0 saturated carbocycles. The number of Topliss-reactive ketones (excluding diaryl/α,β-unsaturated/α-hetero) is 1. The number of ketones is 1. The highest BCUT2D eigenvalue weighted by molar-refractivity contribution is 5.97. The van der Waals surface area contributed by atoms with Gasteiger partial charge in [0.2, 0.25) is 0 Å². The molecule has 1 rings (SSSR count). The minimum absolute atomic E-state index is 0.120. The Bertz CT molecular complexity index is 340. The summed E-state index contributed by atoms with van der Waals surface area (Å²) in [5.74, 6) is 1.15. The van der Waals surface area contributed by atoms with Crippen molar-refractivity contribution < 1.29 is 9.53 Å². The maximum atomic E-state index is 12.1. The molecule has 2 nitrogen and oxygen atoms in total. The Morgan fingerprint density at radius 1 is 1.24 bits per heavy atom. The fourth-order valence-corrected chi connectivity index (χ4v) is 1.87. The minimum atomic E-state index is 0.120. The number of unbranched alkanes of at least 4 members (excludes halogenated alkanes) is 2. The van der Waals surface area contributed by atoms with Crippen LogP contribution in [0.25, 0.3) is 0 Å². The zero-order chi connectivity index (χ0) is 12.7. The number of benzene rings is 1. The van der Waals surface area contributed by atoms with Gasteiger partial charge in [-0.15, -0.1) is 0 Å². The first-order valence-electron chi connectivity index (χ1n) is 6.37. The lowest BCUT2D eigenvalue weighted by Gasteiger charge is -2.10. The topological polar surface area (TPSA) is 26.3 Å². The van der Waals surface area contributed by atoms with Crippen molar-refractivity contribution in [2.75, 3.05) is 7.11 Å². The van der Waals surface area contributed by atoms with Gasteiger partial charge in [-0.1, -0.05) is 33.1 Å². The van der Waals surface area contributed by atoms with Crippen LogP contribution in [-0.2, 0) is 0 Å². The molecule has 94 valence electrons. The average Bonchev–Trinajstić information content (AvgIpc) is 2.38. The van der Waals surface area contributed by atoms with E-state index in [0.29, 0.717) is 0 Å². The van der Waals surface area contributed by atoms with E-state index in [2.05, 4.69) is 6.92 Å². The first kappa shape index (κ1) is 13.8. The Kier molecular flexibility index (Phi) is 5.75. The highest BCUT2D eigenvalue weighted by Crippen LogP contribution is 2.18. The van der Waals surface area contributed by atoms with E-state index in [1.165, 1.54) is 12.8 Å². The number of ether oxygens (including phenoxy) is 1. The molecular weight excluding hydrogens is 212 g/mol. The van der Waals surface area contributed by atoms with Crippen LogP contribution < -0.4 is 4.74 Å². The Morgan fingerprint density at radius 2 is 1.88 bits per heavy atom. The van der Waals surface area contributed by atoms with E-state index in [1.54, 1.807) is 7.11 Å². The van der Waals surface area contributed by atoms with E-state index in [9.17, 15) is 4.79 Å². The standard InChI is InChI=1S/C15H22O2/c1-4-5-6-7-12(2)15(16)13-8-10-14(17-3)11-9-13/h8-12H,4-7H2,1-3H3. The molecule has 0 aliphatic rings. The van der Waals surface area contributed by atoms with E-state index in [-0.39, 0.29) is 11.7 Å². The summed E-state index contributed by atoms with van der Waals surface area (Å²) in [6.07, 6.45) is 4.53. The monoisotopic (exact) mass is 234 g/mol. The Labute approximate surface area is 104 Å². The zero-order valence-electron chi connectivity index (χ0n) is 11.0. The lowest BCUT2D eigenvalue weighted by Crippen LogP contribution is -2.11. The molecule has 0 N–H and O–H groups in total. The largest absolute Gasteiger partial charge is 0.497 e. The van der Waals surface area contributed by atoms with E-state index in [1.807, 2.05) is 31.2 Å². The number of carbonyl (C=O) groups is 1. The Hall–Kier alpha value is -1.31. The van der Waals surface area contributed by atoms with E-state index >= 15 is 0 Å². The maximum Gasteiger partial charge on any atom is 0.165 e. The van der Waals surface area contributed by atoms with Crippen LogP contribution >= 0.6 is 0 Å². The van der Waals surface area contributed by atoms with Gasteiger partial charge in [-0.05, 0) is 30.7 Å². The van der Waals surface area contributed by atoms with Gasteiger partial charge in [-0.2, -0.15) is 0 Å². The highest BCUT2D eigenvalue weighted by Gasteiger charge is 2.14. The third-order valence-corrected chi connectivity index (χ3v) is 3.06. The molecule has 0 bridgehead atoms. The molecule has 0 aliphatic heterocycles. The Balaban J connectivity index is 2.55. The molecule has 1 aromatic carbocycles. The van der Waals surface area contributed by atoms with Gasteiger partial charge in [0.15, 0.2) is 5.78 Å². The van der Waals surface area contributed by atoms with Crippen molar-refractivity contribution in [3.63, 3.8) is 0 Å². The lowest BCUT2D eigenvalue weighted by atomic mass is 9.94. The fourth-order valence-electron chi connectivity index (χ4n) is 1.87. The third kappa shape index (κ3) is 4.22. The second kappa shape index (κ2) is 7.10. The quantitative estimate of drug-likeness (QED) is 0.524. The van der Waals surface area contributed by atoms with E-state index in [4.69, 9.17) is 4.74 Å². The van der Waals surface area contributed by atoms with Crippen LogP contribution in [0.5, 0.6) is 5.75 Å². The second-order valence-electron chi connectivity index (χ2n) is 4.49. The summed E-state index contributed by atoms with van der Waals surface area (Å²) in [6, 6.07) is 7.37. The van der Waals surface area contributed by atoms with Gasteiger partial charge in [0.25, 0.3) is 0 Å². The smallest absolute Gasteiger partial charge is 0.165 e. The molecule has 0 spiro atoms. The number of carbonyl (C=O) groups excluding carboxylic acids is 1. The van der Waals surface area contributed by atoms with Crippen molar-refractivity contribution in [1.82, 2.24) is 0 Å². The zero-order valence-corrected chi connectivity index (χ0v) is 11.0. The van der Waals surface area contributed by atoms with Gasteiger partial charge in [-0.3, -0.25) is 4.79 Å². The van der Waals surface area contributed by atoms with Gasteiger partial charge in [-0.25, -0.2) is 0 Å². The Morgan fingerprint density at radius 3 is 2.41 bits per heavy atom. The number of hydrogen-bond acceptors (Lipinski definition) is 2. The van der Waals surface area contributed by atoms with Gasteiger partial charge in [0.05, 0.1) is 7.11 Å². The summed E-state index contributed by atoms with van der Waals surface area (Å²) in [5.41, 5.74) is 0.787. The van der Waals surface area contributed by atoms with Crippen LogP contribution in [0, 0.1) is 5.92 Å². The molecule has 0 fully saturated rings.